The number of likely N-dealkylation sites (N-methyl/N-ethyl adjacent to an activating group) is 1. The van der Waals surface area contributed by atoms with E-state index in [1.54, 1.807) is 0 Å². The minimum atomic E-state index is 0.152. The fourth-order valence-electron chi connectivity index (χ4n) is 3.85. The zero-order valence-corrected chi connectivity index (χ0v) is 13.5. The van der Waals surface area contributed by atoms with Crippen LogP contribution in [0, 0.1) is 0 Å². The van der Waals surface area contributed by atoms with Gasteiger partial charge in [0.1, 0.15) is 0 Å². The van der Waals surface area contributed by atoms with E-state index < -0.39 is 0 Å². The first-order valence-corrected chi connectivity index (χ1v) is 8.35. The molecule has 2 N–H and O–H groups in total. The van der Waals surface area contributed by atoms with Crippen LogP contribution < -0.4 is 5.73 Å². The normalized spacial score (nSPS) is 19.2. The molecule has 1 aliphatic carbocycles. The van der Waals surface area contributed by atoms with Crippen LogP contribution >= 0.6 is 0 Å². The Morgan fingerprint density at radius 3 is 2.26 bits per heavy atom. The maximum absolute atomic E-state index is 6.76. The van der Waals surface area contributed by atoms with Gasteiger partial charge in [-0.2, -0.15) is 0 Å². The summed E-state index contributed by atoms with van der Waals surface area (Å²) in [5.41, 5.74) is 8.43. The first-order valence-electron chi connectivity index (χ1n) is 8.35. The van der Waals surface area contributed by atoms with Crippen molar-refractivity contribution in [2.75, 3.05) is 13.1 Å². The standard InChI is InChI=1S/C17H34N2/c1-5-17(6-2,19(7-3)8-4)16(18)15-13-11-9-10-12-14-15/h13,16H,5-12,14,18H2,1-4H3. The van der Waals surface area contributed by atoms with Crippen molar-refractivity contribution in [3.05, 3.63) is 11.6 Å². The van der Waals surface area contributed by atoms with Crippen LogP contribution in [0.1, 0.15) is 72.6 Å². The van der Waals surface area contributed by atoms with Gasteiger partial charge in [0.2, 0.25) is 0 Å². The van der Waals surface area contributed by atoms with Gasteiger partial charge >= 0.3 is 0 Å². The van der Waals surface area contributed by atoms with E-state index in [1.165, 1.54) is 37.7 Å². The Kier molecular flexibility index (Phi) is 7.09. The first-order chi connectivity index (χ1) is 9.16. The topological polar surface area (TPSA) is 29.3 Å². The molecule has 112 valence electrons. The summed E-state index contributed by atoms with van der Waals surface area (Å²) in [5, 5.41) is 0. The minimum Gasteiger partial charge on any atom is -0.323 e. The second-order valence-electron chi connectivity index (χ2n) is 5.84. The summed E-state index contributed by atoms with van der Waals surface area (Å²) >= 11 is 0. The lowest BCUT2D eigenvalue weighted by Gasteiger charge is -2.47. The molecule has 1 rings (SSSR count). The van der Waals surface area contributed by atoms with E-state index in [4.69, 9.17) is 5.73 Å². The molecule has 1 unspecified atom stereocenters. The summed E-state index contributed by atoms with van der Waals surface area (Å²) in [6.45, 7) is 11.3. The molecular weight excluding hydrogens is 232 g/mol. The van der Waals surface area contributed by atoms with Gasteiger partial charge in [-0.3, -0.25) is 4.90 Å². The quantitative estimate of drug-likeness (QED) is 0.703. The van der Waals surface area contributed by atoms with E-state index in [-0.39, 0.29) is 11.6 Å². The highest BCUT2D eigenvalue weighted by molar-refractivity contribution is 5.19. The molecule has 0 aromatic carbocycles. The molecule has 19 heavy (non-hydrogen) atoms. The lowest BCUT2D eigenvalue weighted by molar-refractivity contribution is 0.0724. The summed E-state index contributed by atoms with van der Waals surface area (Å²) < 4.78 is 0. The van der Waals surface area contributed by atoms with Crippen LogP contribution in [-0.4, -0.2) is 29.6 Å². The minimum absolute atomic E-state index is 0.152. The third-order valence-electron chi connectivity index (χ3n) is 5.17. The lowest BCUT2D eigenvalue weighted by atomic mass is 9.78. The van der Waals surface area contributed by atoms with Gasteiger partial charge in [-0.25, -0.2) is 0 Å². The Hall–Kier alpha value is -0.340. The maximum atomic E-state index is 6.76. The second-order valence-corrected chi connectivity index (χ2v) is 5.84. The van der Waals surface area contributed by atoms with E-state index in [9.17, 15) is 0 Å². The fourth-order valence-corrected chi connectivity index (χ4v) is 3.85. The van der Waals surface area contributed by atoms with Crippen LogP contribution in [0.2, 0.25) is 0 Å². The van der Waals surface area contributed by atoms with Gasteiger partial charge in [-0.15, -0.1) is 0 Å². The van der Waals surface area contributed by atoms with Crippen LogP contribution in [0.25, 0.3) is 0 Å². The highest BCUT2D eigenvalue weighted by Crippen LogP contribution is 2.33. The summed E-state index contributed by atoms with van der Waals surface area (Å²) in [6.07, 6.45) is 11.2. The van der Waals surface area contributed by atoms with Crippen molar-refractivity contribution in [3.8, 4) is 0 Å². The monoisotopic (exact) mass is 266 g/mol. The molecule has 0 saturated carbocycles. The maximum Gasteiger partial charge on any atom is 0.0441 e. The predicted molar refractivity (Wildman–Crippen MR) is 85.4 cm³/mol. The van der Waals surface area contributed by atoms with Gasteiger partial charge in [-0.1, -0.05) is 45.8 Å². The molecule has 2 nitrogen and oxygen atoms in total. The van der Waals surface area contributed by atoms with Crippen LogP contribution in [0.3, 0.4) is 0 Å². The molecule has 0 amide bonds. The van der Waals surface area contributed by atoms with Crippen molar-refractivity contribution in [2.45, 2.75) is 84.2 Å². The average Bonchev–Trinajstić information content (AvgIpc) is 2.73. The van der Waals surface area contributed by atoms with E-state index >= 15 is 0 Å². The van der Waals surface area contributed by atoms with Gasteiger partial charge in [-0.05, 0) is 51.6 Å². The van der Waals surface area contributed by atoms with E-state index in [0.717, 1.165) is 25.9 Å². The van der Waals surface area contributed by atoms with Gasteiger partial charge in [0.25, 0.3) is 0 Å². The SMILES string of the molecule is CCN(CC)C(CC)(CC)C(N)C1=CCCCCC1. The molecule has 0 spiro atoms. The summed E-state index contributed by atoms with van der Waals surface area (Å²) in [6, 6.07) is 0.209. The largest absolute Gasteiger partial charge is 0.323 e. The molecule has 1 aliphatic rings. The van der Waals surface area contributed by atoms with Crippen LogP contribution in [-0.2, 0) is 0 Å². The fraction of sp³-hybridized carbons (Fsp3) is 0.882. The van der Waals surface area contributed by atoms with Gasteiger partial charge in [0, 0.05) is 11.6 Å². The molecule has 0 bridgehead atoms. The number of nitrogens with two attached hydrogens (primary N) is 1. The molecule has 0 aromatic rings. The third kappa shape index (κ3) is 3.61. The van der Waals surface area contributed by atoms with Crippen molar-refractivity contribution >= 4 is 0 Å². The summed E-state index contributed by atoms with van der Waals surface area (Å²) in [4.78, 5) is 2.59. The highest BCUT2D eigenvalue weighted by Gasteiger charge is 2.39. The zero-order chi connectivity index (χ0) is 14.3. The number of hydrogen-bond acceptors (Lipinski definition) is 2. The first kappa shape index (κ1) is 16.7. The van der Waals surface area contributed by atoms with E-state index in [0.29, 0.717) is 0 Å². The Labute approximate surface area is 120 Å². The second kappa shape index (κ2) is 8.06. The van der Waals surface area contributed by atoms with Crippen molar-refractivity contribution in [1.29, 1.82) is 0 Å². The molecule has 0 heterocycles. The van der Waals surface area contributed by atoms with Crippen molar-refractivity contribution in [2.24, 2.45) is 5.73 Å². The molecule has 0 aliphatic heterocycles. The Morgan fingerprint density at radius 2 is 1.74 bits per heavy atom. The number of nitrogens with zero attached hydrogens (tertiary/aromatic N) is 1. The zero-order valence-electron chi connectivity index (χ0n) is 13.5. The van der Waals surface area contributed by atoms with Crippen molar-refractivity contribution in [1.82, 2.24) is 4.90 Å². The molecule has 1 atom stereocenters. The van der Waals surface area contributed by atoms with Crippen LogP contribution in [0.5, 0.6) is 0 Å². The Balaban J connectivity index is 2.99. The molecule has 0 aromatic heterocycles. The van der Waals surface area contributed by atoms with Crippen molar-refractivity contribution in [3.63, 3.8) is 0 Å². The number of rotatable bonds is 7. The third-order valence-corrected chi connectivity index (χ3v) is 5.17. The summed E-state index contributed by atoms with van der Waals surface area (Å²) in [7, 11) is 0. The lowest BCUT2D eigenvalue weighted by Crippen LogP contribution is -2.60. The molecular formula is C17H34N2. The van der Waals surface area contributed by atoms with Crippen LogP contribution in [0.15, 0.2) is 11.6 Å². The Morgan fingerprint density at radius 1 is 1.11 bits per heavy atom. The van der Waals surface area contributed by atoms with Gasteiger partial charge in [0.05, 0.1) is 0 Å². The van der Waals surface area contributed by atoms with Gasteiger partial charge < -0.3 is 5.73 Å². The molecule has 0 radical (unpaired) electrons. The number of hydrogen-bond donors (Lipinski definition) is 1. The Bertz CT molecular complexity index is 275. The predicted octanol–water partition coefficient (Wildman–Crippen LogP) is 4.10. The van der Waals surface area contributed by atoms with Crippen LogP contribution in [0.4, 0.5) is 0 Å². The molecule has 0 saturated heterocycles. The van der Waals surface area contributed by atoms with E-state index in [1.807, 2.05) is 0 Å². The van der Waals surface area contributed by atoms with Crippen molar-refractivity contribution < 1.29 is 0 Å². The smallest absolute Gasteiger partial charge is 0.0441 e. The molecule has 0 fully saturated rings. The molecule has 2 heteroatoms. The average molecular weight is 266 g/mol. The van der Waals surface area contributed by atoms with E-state index in [2.05, 4.69) is 38.7 Å². The highest BCUT2D eigenvalue weighted by atomic mass is 15.2. The summed E-state index contributed by atoms with van der Waals surface area (Å²) in [5.74, 6) is 0. The van der Waals surface area contributed by atoms with Gasteiger partial charge in [0.15, 0.2) is 0 Å². The number of allylic oxidation sites excluding steroid dienone is 1.